The Morgan fingerprint density at radius 1 is 0.763 bits per heavy atom. The van der Waals surface area contributed by atoms with Crippen molar-refractivity contribution in [2.75, 3.05) is 41.9 Å². The first kappa shape index (κ1) is 32.0. The minimum absolute atomic E-state index is 0.0352. The summed E-state index contributed by atoms with van der Waals surface area (Å²) >= 11 is 6.22. The van der Waals surface area contributed by atoms with Crippen molar-refractivity contribution in [3.05, 3.63) is 47.5 Å². The van der Waals surface area contributed by atoms with Gasteiger partial charge in [-0.2, -0.15) is 30.4 Å². The lowest BCUT2D eigenvalue weighted by Crippen LogP contribution is -2.33. The van der Waals surface area contributed by atoms with Gasteiger partial charge >= 0.3 is 10.4 Å². The van der Waals surface area contributed by atoms with Gasteiger partial charge in [0.25, 0.3) is 20.2 Å². The second-order valence-electron chi connectivity index (χ2n) is 7.46. The summed E-state index contributed by atoms with van der Waals surface area (Å²) in [5.41, 5.74) is 0.647. The molecule has 2 aromatic rings. The van der Waals surface area contributed by atoms with E-state index in [1.807, 2.05) is 0 Å². The molecule has 20 heteroatoms. The van der Waals surface area contributed by atoms with Crippen LogP contribution in [-0.2, 0) is 44.7 Å². The largest absolute Gasteiger partial charge is 0.397 e. The maximum atomic E-state index is 12.2. The fraction of sp³-hybridized carbons (Fsp3) is 0.333. The summed E-state index contributed by atoms with van der Waals surface area (Å²) < 4.78 is 120. The average Bonchev–Trinajstić information content (AvgIpc) is 2.76. The number of benzene rings is 2. The summed E-state index contributed by atoms with van der Waals surface area (Å²) in [7, 11) is -17.4. The molecule has 0 aliphatic carbocycles. The first-order valence-electron chi connectivity index (χ1n) is 10.2. The second-order valence-corrected chi connectivity index (χ2v) is 14.2. The molecule has 0 saturated carbocycles. The molecule has 0 aliphatic rings. The van der Waals surface area contributed by atoms with E-state index in [-0.39, 0.29) is 40.1 Å². The summed E-state index contributed by atoms with van der Waals surface area (Å²) in [6, 6.07) is 9.19. The molecule has 0 saturated heterocycles. The molecule has 0 fully saturated rings. The third-order valence-electron chi connectivity index (χ3n) is 4.59. The second kappa shape index (κ2) is 12.7. The molecule has 0 atom stereocenters. The van der Waals surface area contributed by atoms with Gasteiger partial charge in [-0.15, -0.1) is 5.11 Å². The van der Waals surface area contributed by atoms with E-state index < -0.39 is 64.3 Å². The quantitative estimate of drug-likeness (QED) is 0.199. The summed E-state index contributed by atoms with van der Waals surface area (Å²) in [4.78, 5) is 1.11. The van der Waals surface area contributed by atoms with Gasteiger partial charge in [0.15, 0.2) is 9.84 Å². The Labute approximate surface area is 224 Å². The number of nitrogens with zero attached hydrogens (tertiary/aromatic N) is 3. The van der Waals surface area contributed by atoms with Gasteiger partial charge in [0, 0.05) is 18.8 Å². The Kier molecular flexibility index (Phi) is 10.7. The standard InChI is InChI=1S/C18H22ClN3O12S4/c19-17-13-15(22(7-10-36(25,26)27)8-11-37(28,29)30)3-6-18(17)21-20-14-1-4-16(5-2-14)35(23,24)12-9-34-38(31,32)33/h1-6,13H,7-12H2,(H,25,26,27)(H,28,29,30)(H,31,32,33). The van der Waals surface area contributed by atoms with E-state index in [2.05, 4.69) is 14.4 Å². The Bertz CT molecular complexity index is 1560. The van der Waals surface area contributed by atoms with Crippen LogP contribution in [0.4, 0.5) is 17.1 Å². The van der Waals surface area contributed by atoms with Crippen molar-refractivity contribution >= 4 is 69.1 Å². The number of sulfone groups is 1. The van der Waals surface area contributed by atoms with Gasteiger partial charge in [0.1, 0.15) is 5.69 Å². The summed E-state index contributed by atoms with van der Waals surface area (Å²) in [5.74, 6) is -2.13. The third-order valence-corrected chi connectivity index (χ3v) is 8.45. The number of hydrogen-bond acceptors (Lipinski definition) is 12. The predicted molar refractivity (Wildman–Crippen MR) is 137 cm³/mol. The number of halogens is 1. The van der Waals surface area contributed by atoms with Crippen molar-refractivity contribution in [2.45, 2.75) is 4.90 Å². The molecule has 15 nitrogen and oxygen atoms in total. The fourth-order valence-corrected chi connectivity index (χ4v) is 5.40. The van der Waals surface area contributed by atoms with Crippen molar-refractivity contribution in [1.29, 1.82) is 0 Å². The number of hydrogen-bond donors (Lipinski definition) is 3. The molecule has 0 heterocycles. The summed E-state index contributed by atoms with van der Waals surface area (Å²) in [6.45, 7) is -1.38. The topological polar surface area (TPSA) is 234 Å². The smallest absolute Gasteiger partial charge is 0.369 e. The molecule has 0 unspecified atom stereocenters. The van der Waals surface area contributed by atoms with E-state index in [0.29, 0.717) is 0 Å². The van der Waals surface area contributed by atoms with Gasteiger partial charge in [0.05, 0.1) is 39.5 Å². The first-order valence-corrected chi connectivity index (χ1v) is 16.8. The van der Waals surface area contributed by atoms with Crippen LogP contribution in [0.3, 0.4) is 0 Å². The number of anilines is 1. The van der Waals surface area contributed by atoms with Gasteiger partial charge in [-0.25, -0.2) is 12.6 Å². The zero-order valence-electron chi connectivity index (χ0n) is 19.2. The highest BCUT2D eigenvalue weighted by Crippen LogP contribution is 2.31. The molecular formula is C18H22ClN3O12S4. The van der Waals surface area contributed by atoms with E-state index in [1.54, 1.807) is 0 Å². The molecule has 0 bridgehead atoms. The Morgan fingerprint density at radius 2 is 1.32 bits per heavy atom. The van der Waals surface area contributed by atoms with Gasteiger partial charge in [-0.1, -0.05) is 11.6 Å². The summed E-state index contributed by atoms with van der Waals surface area (Å²) in [5, 5.41) is 7.93. The molecule has 0 aliphatic heterocycles. The summed E-state index contributed by atoms with van der Waals surface area (Å²) in [6.07, 6.45) is 0. The fourth-order valence-electron chi connectivity index (χ4n) is 2.79. The predicted octanol–water partition coefficient (Wildman–Crippen LogP) is 1.93. The van der Waals surface area contributed by atoms with E-state index in [4.69, 9.17) is 25.3 Å². The monoisotopic (exact) mass is 635 g/mol. The molecule has 3 N–H and O–H groups in total. The normalized spacial score (nSPS) is 13.2. The van der Waals surface area contributed by atoms with Crippen LogP contribution in [0.1, 0.15) is 0 Å². The lowest BCUT2D eigenvalue weighted by Gasteiger charge is -2.24. The maximum Gasteiger partial charge on any atom is 0.397 e. The van der Waals surface area contributed by atoms with E-state index in [0.717, 1.165) is 0 Å². The van der Waals surface area contributed by atoms with Gasteiger partial charge in [-0.05, 0) is 42.5 Å². The van der Waals surface area contributed by atoms with Crippen LogP contribution in [0, 0.1) is 0 Å². The van der Waals surface area contributed by atoms with Crippen LogP contribution in [0.2, 0.25) is 5.02 Å². The van der Waals surface area contributed by atoms with E-state index in [1.165, 1.54) is 47.4 Å². The maximum absolute atomic E-state index is 12.2. The van der Waals surface area contributed by atoms with Gasteiger partial charge < -0.3 is 4.90 Å². The van der Waals surface area contributed by atoms with Crippen LogP contribution < -0.4 is 4.90 Å². The van der Waals surface area contributed by atoms with E-state index in [9.17, 15) is 33.7 Å². The third kappa shape index (κ3) is 11.7. The van der Waals surface area contributed by atoms with Crippen molar-refractivity contribution in [3.8, 4) is 0 Å². The molecule has 38 heavy (non-hydrogen) atoms. The first-order chi connectivity index (χ1) is 17.3. The molecule has 2 aromatic carbocycles. The molecule has 2 rings (SSSR count). The molecule has 0 radical (unpaired) electrons. The lowest BCUT2D eigenvalue weighted by molar-refractivity contribution is 0.284. The SMILES string of the molecule is O=S(=O)(O)CCN(CCS(=O)(=O)O)c1ccc(N=Nc2ccc(S(=O)(=O)CCOS(=O)(=O)O)cc2)c(Cl)c1. The zero-order chi connectivity index (χ0) is 28.8. The average molecular weight is 636 g/mol. The molecule has 0 spiro atoms. The van der Waals surface area contributed by atoms with Crippen LogP contribution in [-0.4, -0.2) is 84.3 Å². The number of rotatable bonds is 14. The highest BCUT2D eigenvalue weighted by atomic mass is 35.5. The Morgan fingerprint density at radius 3 is 1.79 bits per heavy atom. The van der Waals surface area contributed by atoms with Crippen molar-refractivity contribution in [3.63, 3.8) is 0 Å². The van der Waals surface area contributed by atoms with Crippen LogP contribution in [0.15, 0.2) is 57.6 Å². The molecule has 212 valence electrons. The zero-order valence-corrected chi connectivity index (χ0v) is 23.2. The molecule has 0 aromatic heterocycles. The minimum Gasteiger partial charge on any atom is -0.369 e. The molecular weight excluding hydrogens is 614 g/mol. The Hall–Kier alpha value is -2.23. The van der Waals surface area contributed by atoms with Gasteiger partial charge in [0.2, 0.25) is 0 Å². The van der Waals surface area contributed by atoms with Crippen molar-refractivity contribution in [2.24, 2.45) is 10.2 Å². The van der Waals surface area contributed by atoms with Crippen LogP contribution >= 0.6 is 11.6 Å². The highest BCUT2D eigenvalue weighted by molar-refractivity contribution is 7.91. The Balaban J connectivity index is 2.16. The highest BCUT2D eigenvalue weighted by Gasteiger charge is 2.17. The van der Waals surface area contributed by atoms with Crippen LogP contribution in [0.25, 0.3) is 0 Å². The van der Waals surface area contributed by atoms with Crippen molar-refractivity contribution in [1.82, 2.24) is 0 Å². The molecule has 0 amide bonds. The number of azo groups is 1. The lowest BCUT2D eigenvalue weighted by atomic mass is 10.2. The van der Waals surface area contributed by atoms with Gasteiger partial charge in [-0.3, -0.25) is 13.7 Å². The van der Waals surface area contributed by atoms with Crippen LogP contribution in [0.5, 0.6) is 0 Å². The minimum atomic E-state index is -4.77. The van der Waals surface area contributed by atoms with E-state index >= 15 is 0 Å². The van der Waals surface area contributed by atoms with Crippen molar-refractivity contribution < 1.29 is 51.5 Å².